The van der Waals surface area contributed by atoms with Crippen molar-refractivity contribution in [1.29, 1.82) is 0 Å². The van der Waals surface area contributed by atoms with Gasteiger partial charge < -0.3 is 9.84 Å². The molecule has 84 valence electrons. The van der Waals surface area contributed by atoms with Crippen LogP contribution in [0.5, 0.6) is 0 Å². The zero-order valence-corrected chi connectivity index (χ0v) is 9.06. The van der Waals surface area contributed by atoms with Crippen LogP contribution in [0.2, 0.25) is 0 Å². The Bertz CT molecular complexity index is 256. The number of cyclic esters (lactones) is 1. The lowest BCUT2D eigenvalue weighted by molar-refractivity contribution is -0.141. The molecule has 0 fully saturated rings. The second kappa shape index (κ2) is 6.40. The van der Waals surface area contributed by atoms with Crippen LogP contribution < -0.4 is 0 Å². The molecule has 3 heteroatoms. The van der Waals surface area contributed by atoms with E-state index in [2.05, 4.69) is 6.92 Å². The number of carbonyl (C=O) groups is 1. The number of aliphatic hydroxyl groups excluding tert-OH is 1. The highest BCUT2D eigenvalue weighted by molar-refractivity contribution is 5.82. The van der Waals surface area contributed by atoms with Crippen molar-refractivity contribution in [3.05, 3.63) is 24.3 Å². The highest BCUT2D eigenvalue weighted by Crippen LogP contribution is 2.10. The van der Waals surface area contributed by atoms with Gasteiger partial charge in [0.25, 0.3) is 0 Å². The molecule has 3 nitrogen and oxygen atoms in total. The van der Waals surface area contributed by atoms with Crippen LogP contribution in [0, 0.1) is 0 Å². The SMILES string of the molecule is CCCC[C@H](O)/C=C\[C@H]1CC=CC(=O)O1. The molecule has 1 heterocycles. The summed E-state index contributed by atoms with van der Waals surface area (Å²) in [5.41, 5.74) is 0. The topological polar surface area (TPSA) is 46.5 Å². The van der Waals surface area contributed by atoms with Crippen LogP contribution in [0.1, 0.15) is 32.6 Å². The van der Waals surface area contributed by atoms with E-state index in [0.717, 1.165) is 19.3 Å². The minimum Gasteiger partial charge on any atom is -0.455 e. The lowest BCUT2D eigenvalue weighted by atomic mass is 10.1. The van der Waals surface area contributed by atoms with Crippen molar-refractivity contribution in [2.45, 2.75) is 44.8 Å². The van der Waals surface area contributed by atoms with Crippen LogP contribution in [0.25, 0.3) is 0 Å². The van der Waals surface area contributed by atoms with Crippen LogP contribution >= 0.6 is 0 Å². The molecule has 1 aliphatic rings. The van der Waals surface area contributed by atoms with Crippen molar-refractivity contribution in [1.82, 2.24) is 0 Å². The number of aliphatic hydroxyl groups is 1. The van der Waals surface area contributed by atoms with Gasteiger partial charge in [-0.3, -0.25) is 0 Å². The second-order valence-corrected chi connectivity index (χ2v) is 3.71. The summed E-state index contributed by atoms with van der Waals surface area (Å²) in [6, 6.07) is 0. The van der Waals surface area contributed by atoms with Crippen molar-refractivity contribution in [2.24, 2.45) is 0 Å². The van der Waals surface area contributed by atoms with Crippen LogP contribution in [0.3, 0.4) is 0 Å². The third kappa shape index (κ3) is 4.79. The maximum Gasteiger partial charge on any atom is 0.331 e. The molecule has 2 atom stereocenters. The molecule has 0 spiro atoms. The zero-order valence-electron chi connectivity index (χ0n) is 9.06. The predicted molar refractivity (Wildman–Crippen MR) is 58.3 cm³/mol. The lowest BCUT2D eigenvalue weighted by Crippen LogP contribution is -2.18. The standard InChI is InChI=1S/C12H18O3/c1-2-3-5-10(13)8-9-11-6-4-7-12(14)15-11/h4,7-11,13H,2-3,5-6H2,1H3/b9-8-/t10-,11+/m0/s1. The first kappa shape index (κ1) is 12.0. The minimum absolute atomic E-state index is 0.209. The van der Waals surface area contributed by atoms with Crippen LogP contribution in [-0.4, -0.2) is 23.3 Å². The van der Waals surface area contributed by atoms with Gasteiger partial charge in [-0.2, -0.15) is 0 Å². The van der Waals surface area contributed by atoms with Gasteiger partial charge in [0.15, 0.2) is 0 Å². The Morgan fingerprint density at radius 1 is 1.73 bits per heavy atom. The number of hydrogen-bond donors (Lipinski definition) is 1. The molecular formula is C12H18O3. The van der Waals surface area contributed by atoms with E-state index in [1.165, 1.54) is 6.08 Å². The van der Waals surface area contributed by atoms with Gasteiger partial charge in [0, 0.05) is 12.5 Å². The summed E-state index contributed by atoms with van der Waals surface area (Å²) in [5.74, 6) is -0.307. The summed E-state index contributed by atoms with van der Waals surface area (Å²) in [5, 5.41) is 9.53. The fourth-order valence-electron chi connectivity index (χ4n) is 1.41. The van der Waals surface area contributed by atoms with Gasteiger partial charge in [0.1, 0.15) is 6.10 Å². The van der Waals surface area contributed by atoms with Gasteiger partial charge in [0.2, 0.25) is 0 Å². The summed E-state index contributed by atoms with van der Waals surface area (Å²) in [6.07, 6.45) is 9.62. The molecule has 0 aromatic carbocycles. The first-order valence-electron chi connectivity index (χ1n) is 5.46. The Morgan fingerprint density at radius 2 is 2.53 bits per heavy atom. The van der Waals surface area contributed by atoms with Gasteiger partial charge in [-0.1, -0.05) is 31.9 Å². The molecule has 1 N–H and O–H groups in total. The van der Waals surface area contributed by atoms with E-state index < -0.39 is 6.10 Å². The molecule has 1 rings (SSSR count). The van der Waals surface area contributed by atoms with Crippen LogP contribution in [0.15, 0.2) is 24.3 Å². The molecule has 0 amide bonds. The summed E-state index contributed by atoms with van der Waals surface area (Å²) >= 11 is 0. The van der Waals surface area contributed by atoms with Crippen molar-refractivity contribution in [3.63, 3.8) is 0 Å². The van der Waals surface area contributed by atoms with Gasteiger partial charge in [-0.05, 0) is 12.5 Å². The van der Waals surface area contributed by atoms with Crippen molar-refractivity contribution >= 4 is 5.97 Å². The Hall–Kier alpha value is -1.09. The average molecular weight is 210 g/mol. The normalized spacial score (nSPS) is 23.1. The molecule has 15 heavy (non-hydrogen) atoms. The molecule has 0 saturated heterocycles. The Kier molecular flexibility index (Phi) is 5.12. The molecule has 0 bridgehead atoms. The highest BCUT2D eigenvalue weighted by atomic mass is 16.5. The van der Waals surface area contributed by atoms with E-state index in [-0.39, 0.29) is 12.1 Å². The average Bonchev–Trinajstić information content (AvgIpc) is 2.23. The van der Waals surface area contributed by atoms with Crippen molar-refractivity contribution in [2.75, 3.05) is 0 Å². The summed E-state index contributed by atoms with van der Waals surface area (Å²) in [4.78, 5) is 10.9. The molecular weight excluding hydrogens is 192 g/mol. The van der Waals surface area contributed by atoms with Crippen LogP contribution in [0.4, 0.5) is 0 Å². The van der Waals surface area contributed by atoms with E-state index in [0.29, 0.717) is 6.42 Å². The molecule has 0 radical (unpaired) electrons. The molecule has 0 aliphatic carbocycles. The minimum atomic E-state index is -0.422. The van der Waals surface area contributed by atoms with E-state index in [1.54, 1.807) is 18.2 Å². The molecule has 0 saturated carbocycles. The van der Waals surface area contributed by atoms with Gasteiger partial charge in [-0.25, -0.2) is 4.79 Å². The number of hydrogen-bond acceptors (Lipinski definition) is 3. The maximum absolute atomic E-state index is 10.9. The van der Waals surface area contributed by atoms with E-state index in [1.807, 2.05) is 0 Å². The Balaban J connectivity index is 2.30. The number of unbranched alkanes of at least 4 members (excludes halogenated alkanes) is 1. The first-order chi connectivity index (χ1) is 7.22. The fraction of sp³-hybridized carbons (Fsp3) is 0.583. The molecule has 1 aliphatic heterocycles. The fourth-order valence-corrected chi connectivity index (χ4v) is 1.41. The van der Waals surface area contributed by atoms with Gasteiger partial charge >= 0.3 is 5.97 Å². The number of esters is 1. The van der Waals surface area contributed by atoms with Crippen molar-refractivity contribution in [3.8, 4) is 0 Å². The molecule has 0 aromatic rings. The highest BCUT2D eigenvalue weighted by Gasteiger charge is 2.12. The summed E-state index contributed by atoms with van der Waals surface area (Å²) < 4.78 is 5.02. The zero-order chi connectivity index (χ0) is 11.1. The Labute approximate surface area is 90.4 Å². The monoisotopic (exact) mass is 210 g/mol. The van der Waals surface area contributed by atoms with E-state index in [4.69, 9.17) is 4.74 Å². The van der Waals surface area contributed by atoms with Gasteiger partial charge in [0.05, 0.1) is 6.10 Å². The van der Waals surface area contributed by atoms with Crippen LogP contribution in [-0.2, 0) is 9.53 Å². The Morgan fingerprint density at radius 3 is 3.20 bits per heavy atom. The van der Waals surface area contributed by atoms with E-state index in [9.17, 15) is 9.90 Å². The lowest BCUT2D eigenvalue weighted by Gasteiger charge is -2.15. The second-order valence-electron chi connectivity index (χ2n) is 3.71. The summed E-state index contributed by atoms with van der Waals surface area (Å²) in [7, 11) is 0. The number of ether oxygens (including phenoxy) is 1. The first-order valence-corrected chi connectivity index (χ1v) is 5.46. The third-order valence-electron chi connectivity index (χ3n) is 2.29. The van der Waals surface area contributed by atoms with Crippen molar-refractivity contribution < 1.29 is 14.6 Å². The maximum atomic E-state index is 10.9. The summed E-state index contributed by atoms with van der Waals surface area (Å²) in [6.45, 7) is 2.09. The number of rotatable bonds is 5. The molecule has 0 aromatic heterocycles. The smallest absolute Gasteiger partial charge is 0.331 e. The quantitative estimate of drug-likeness (QED) is 0.557. The number of carbonyl (C=O) groups excluding carboxylic acids is 1. The van der Waals surface area contributed by atoms with Gasteiger partial charge in [-0.15, -0.1) is 0 Å². The largest absolute Gasteiger partial charge is 0.455 e. The molecule has 0 unspecified atom stereocenters. The predicted octanol–water partition coefficient (Wildman–Crippen LogP) is 1.97. The van der Waals surface area contributed by atoms with E-state index >= 15 is 0 Å². The third-order valence-corrected chi connectivity index (χ3v) is 2.29.